The van der Waals surface area contributed by atoms with Gasteiger partial charge < -0.3 is 19.2 Å². The summed E-state index contributed by atoms with van der Waals surface area (Å²) in [6, 6.07) is 16.9. The molecule has 2 heterocycles. The Kier molecular flexibility index (Phi) is 6.37. The number of carbonyl (C=O) groups is 2. The number of furan rings is 1. The van der Waals surface area contributed by atoms with Crippen molar-refractivity contribution in [3.05, 3.63) is 77.2 Å². The summed E-state index contributed by atoms with van der Waals surface area (Å²) in [5, 5.41) is 13.2. The van der Waals surface area contributed by atoms with E-state index in [9.17, 15) is 14.9 Å². The van der Waals surface area contributed by atoms with Crippen LogP contribution < -0.4 is 10.1 Å². The van der Waals surface area contributed by atoms with E-state index in [1.165, 1.54) is 6.26 Å². The lowest BCUT2D eigenvalue weighted by Crippen LogP contribution is -2.23. The van der Waals surface area contributed by atoms with E-state index in [4.69, 9.17) is 13.9 Å². The van der Waals surface area contributed by atoms with Crippen molar-refractivity contribution in [3.63, 3.8) is 0 Å². The van der Waals surface area contributed by atoms with Crippen molar-refractivity contribution in [2.24, 2.45) is 0 Å². The molecule has 0 aliphatic carbocycles. The number of carbonyl (C=O) groups excluding carboxylic acids is 2. The van der Waals surface area contributed by atoms with Gasteiger partial charge in [0, 0.05) is 28.4 Å². The van der Waals surface area contributed by atoms with Crippen LogP contribution >= 0.6 is 0 Å². The summed E-state index contributed by atoms with van der Waals surface area (Å²) >= 11 is 0. The Morgan fingerprint density at radius 1 is 1.15 bits per heavy atom. The van der Waals surface area contributed by atoms with Crippen molar-refractivity contribution in [2.75, 3.05) is 19.0 Å². The molecule has 4 aromatic rings. The van der Waals surface area contributed by atoms with Gasteiger partial charge in [-0.25, -0.2) is 0 Å². The number of nitriles is 1. The first-order chi connectivity index (χ1) is 16.4. The molecule has 8 heteroatoms. The molecule has 0 spiro atoms. The van der Waals surface area contributed by atoms with Gasteiger partial charge in [-0.05, 0) is 43.7 Å². The van der Waals surface area contributed by atoms with Crippen LogP contribution in [0.3, 0.4) is 0 Å². The van der Waals surface area contributed by atoms with Gasteiger partial charge in [-0.2, -0.15) is 5.26 Å². The third kappa shape index (κ3) is 4.36. The van der Waals surface area contributed by atoms with E-state index in [0.717, 1.165) is 22.3 Å². The molecule has 0 aliphatic heterocycles. The van der Waals surface area contributed by atoms with Gasteiger partial charge >= 0.3 is 5.97 Å². The molecule has 0 radical (unpaired) electrons. The van der Waals surface area contributed by atoms with Crippen LogP contribution in [0.5, 0.6) is 5.75 Å². The Labute approximate surface area is 196 Å². The maximum absolute atomic E-state index is 12.6. The summed E-state index contributed by atoms with van der Waals surface area (Å²) in [5.74, 6) is -0.115. The molecule has 1 amide bonds. The fourth-order valence-electron chi connectivity index (χ4n) is 3.81. The maximum Gasteiger partial charge on any atom is 0.310 e. The van der Waals surface area contributed by atoms with Gasteiger partial charge in [0.2, 0.25) is 0 Å². The molecule has 0 saturated carbocycles. The van der Waals surface area contributed by atoms with Gasteiger partial charge in [-0.15, -0.1) is 0 Å². The monoisotopic (exact) mass is 457 g/mol. The largest absolute Gasteiger partial charge is 0.497 e. The van der Waals surface area contributed by atoms with Crippen molar-refractivity contribution in [3.8, 4) is 17.5 Å². The number of nitrogens with one attached hydrogen (secondary N) is 1. The molecular weight excluding hydrogens is 434 g/mol. The van der Waals surface area contributed by atoms with E-state index in [2.05, 4.69) is 11.4 Å². The highest BCUT2D eigenvalue weighted by atomic mass is 16.5. The van der Waals surface area contributed by atoms with E-state index < -0.39 is 18.5 Å². The minimum absolute atomic E-state index is 0.0470. The van der Waals surface area contributed by atoms with Crippen LogP contribution in [-0.4, -0.2) is 30.2 Å². The second-order valence-corrected chi connectivity index (χ2v) is 7.73. The average Bonchev–Trinajstić information content (AvgIpc) is 3.35. The van der Waals surface area contributed by atoms with Crippen LogP contribution in [0.2, 0.25) is 0 Å². The number of methoxy groups -OCH3 is 1. The zero-order valence-corrected chi connectivity index (χ0v) is 19.0. The Bertz CT molecular complexity index is 1410. The topological polar surface area (TPSA) is 106 Å². The predicted molar refractivity (Wildman–Crippen MR) is 126 cm³/mol. The first-order valence-corrected chi connectivity index (χ1v) is 10.6. The zero-order valence-electron chi connectivity index (χ0n) is 19.0. The number of amides is 1. The average molecular weight is 457 g/mol. The van der Waals surface area contributed by atoms with Crippen LogP contribution in [0.15, 0.2) is 59.2 Å². The minimum Gasteiger partial charge on any atom is -0.497 e. The van der Waals surface area contributed by atoms with Crippen molar-refractivity contribution < 1.29 is 23.5 Å². The molecule has 2 aromatic heterocycles. The van der Waals surface area contributed by atoms with E-state index in [-0.39, 0.29) is 6.42 Å². The molecule has 0 unspecified atom stereocenters. The van der Waals surface area contributed by atoms with Crippen LogP contribution in [0.25, 0.3) is 16.7 Å². The van der Waals surface area contributed by atoms with Gasteiger partial charge in [0.25, 0.3) is 5.91 Å². The van der Waals surface area contributed by atoms with Crippen LogP contribution in [0.4, 0.5) is 5.82 Å². The van der Waals surface area contributed by atoms with Gasteiger partial charge in [-0.3, -0.25) is 14.2 Å². The molecular formula is C26H23N3O5. The highest BCUT2D eigenvalue weighted by molar-refractivity contribution is 5.94. The van der Waals surface area contributed by atoms with Crippen molar-refractivity contribution >= 4 is 28.7 Å². The van der Waals surface area contributed by atoms with Crippen molar-refractivity contribution in [2.45, 2.75) is 20.3 Å². The van der Waals surface area contributed by atoms with E-state index in [0.29, 0.717) is 28.3 Å². The van der Waals surface area contributed by atoms with E-state index in [1.807, 2.05) is 44.2 Å². The number of esters is 1. The summed E-state index contributed by atoms with van der Waals surface area (Å²) in [6.45, 7) is 3.23. The van der Waals surface area contributed by atoms with E-state index >= 15 is 0 Å². The quantitative estimate of drug-likeness (QED) is 0.411. The fourth-order valence-corrected chi connectivity index (χ4v) is 3.81. The SMILES string of the molecule is COc1ccc2c(CC(=O)OCC(=O)Nc3c(C#N)c(C)c(C)n3-c3ccccc3)coc2c1. The maximum atomic E-state index is 12.6. The van der Waals surface area contributed by atoms with Gasteiger partial charge in [-0.1, -0.05) is 18.2 Å². The molecule has 0 fully saturated rings. The third-order valence-electron chi connectivity index (χ3n) is 5.66. The number of rotatable bonds is 7. The summed E-state index contributed by atoms with van der Waals surface area (Å²) in [5.41, 5.74) is 4.01. The number of nitrogens with zero attached hydrogens (tertiary/aromatic N) is 2. The molecule has 34 heavy (non-hydrogen) atoms. The molecule has 0 saturated heterocycles. The lowest BCUT2D eigenvalue weighted by molar-refractivity contribution is -0.146. The molecule has 0 aliphatic rings. The molecule has 4 rings (SSSR count). The first-order valence-electron chi connectivity index (χ1n) is 10.6. The summed E-state index contributed by atoms with van der Waals surface area (Å²) in [6.07, 6.45) is 1.44. The van der Waals surface area contributed by atoms with Gasteiger partial charge in [0.1, 0.15) is 23.2 Å². The Hall–Kier alpha value is -4.51. The fraction of sp³-hybridized carbons (Fsp3) is 0.192. The summed E-state index contributed by atoms with van der Waals surface area (Å²) in [7, 11) is 1.56. The Morgan fingerprint density at radius 3 is 2.62 bits per heavy atom. The number of para-hydroxylation sites is 1. The first kappa shape index (κ1) is 22.7. The molecule has 172 valence electrons. The van der Waals surface area contributed by atoms with Crippen molar-refractivity contribution in [1.82, 2.24) is 4.57 Å². The number of hydrogen-bond acceptors (Lipinski definition) is 6. The van der Waals surface area contributed by atoms with Gasteiger partial charge in [0.05, 0.1) is 25.4 Å². The molecule has 8 nitrogen and oxygen atoms in total. The molecule has 1 N–H and O–H groups in total. The number of aromatic nitrogens is 1. The van der Waals surface area contributed by atoms with Gasteiger partial charge in [0.15, 0.2) is 6.61 Å². The second kappa shape index (κ2) is 9.55. The highest BCUT2D eigenvalue weighted by Gasteiger charge is 2.21. The Morgan fingerprint density at radius 2 is 1.91 bits per heavy atom. The van der Waals surface area contributed by atoms with Crippen molar-refractivity contribution in [1.29, 1.82) is 5.26 Å². The number of ether oxygens (including phenoxy) is 2. The van der Waals surface area contributed by atoms with Crippen LogP contribution in [0, 0.1) is 25.2 Å². The van der Waals surface area contributed by atoms with Crippen LogP contribution in [0.1, 0.15) is 22.4 Å². The molecule has 0 atom stereocenters. The number of benzene rings is 2. The second-order valence-electron chi connectivity index (χ2n) is 7.73. The summed E-state index contributed by atoms with van der Waals surface area (Å²) < 4.78 is 17.7. The lowest BCUT2D eigenvalue weighted by atomic mass is 10.1. The van der Waals surface area contributed by atoms with Crippen LogP contribution in [-0.2, 0) is 20.7 Å². The lowest BCUT2D eigenvalue weighted by Gasteiger charge is -2.13. The predicted octanol–water partition coefficient (Wildman–Crippen LogP) is 4.45. The highest BCUT2D eigenvalue weighted by Crippen LogP contribution is 2.30. The number of hydrogen-bond donors (Lipinski definition) is 1. The number of fused-ring (bicyclic) bond motifs is 1. The van der Waals surface area contributed by atoms with E-state index in [1.54, 1.807) is 29.9 Å². The normalized spacial score (nSPS) is 10.6. The summed E-state index contributed by atoms with van der Waals surface area (Å²) in [4.78, 5) is 25.0. The Balaban J connectivity index is 1.45. The smallest absolute Gasteiger partial charge is 0.310 e. The standard InChI is InChI=1S/C26H23N3O5/c1-16-17(2)29(19-7-5-4-6-8-19)26(22(16)13-27)28-24(30)15-34-25(31)11-18-14-33-23-12-20(32-3)9-10-21(18)23/h4-10,12,14H,11,15H2,1-3H3,(H,28,30). The molecule has 2 aromatic carbocycles. The minimum atomic E-state index is -0.569. The zero-order chi connectivity index (χ0) is 24.2. The molecule has 0 bridgehead atoms. The third-order valence-corrected chi connectivity index (χ3v) is 5.66. The number of anilines is 1.